The summed E-state index contributed by atoms with van der Waals surface area (Å²) in [5, 5.41) is 8.29. The fourth-order valence-electron chi connectivity index (χ4n) is 0.829. The van der Waals surface area contributed by atoms with Crippen molar-refractivity contribution in [2.24, 2.45) is 0 Å². The molecule has 0 amide bonds. The highest BCUT2D eigenvalue weighted by Gasteiger charge is 2.15. The quantitative estimate of drug-likeness (QED) is 0.647. The molecule has 76 valence electrons. The van der Waals surface area contributed by atoms with Gasteiger partial charge in [0.2, 0.25) is 10.0 Å². The topological polar surface area (TPSA) is 61.2 Å². The number of rotatable bonds is 6. The van der Waals surface area contributed by atoms with Gasteiger partial charge in [-0.15, -0.1) is 0 Å². The van der Waals surface area contributed by atoms with Crippen LogP contribution >= 0.6 is 0 Å². The molecule has 5 heteroatoms. The zero-order valence-electron chi connectivity index (χ0n) is 8.15. The van der Waals surface area contributed by atoms with Crippen molar-refractivity contribution < 1.29 is 8.42 Å². The first-order valence-corrected chi connectivity index (χ1v) is 5.96. The van der Waals surface area contributed by atoms with Crippen molar-refractivity contribution in [2.75, 3.05) is 19.3 Å². The minimum absolute atomic E-state index is 0.186. The van der Waals surface area contributed by atoms with E-state index >= 15 is 0 Å². The molecule has 0 bridgehead atoms. The molecule has 4 nitrogen and oxygen atoms in total. The molecule has 0 aliphatic rings. The Labute approximate surface area is 80.2 Å². The Bertz CT molecular complexity index is 266. The van der Waals surface area contributed by atoms with Crippen molar-refractivity contribution in [3.63, 3.8) is 0 Å². The molecule has 13 heavy (non-hydrogen) atoms. The van der Waals surface area contributed by atoms with Crippen molar-refractivity contribution in [1.29, 1.82) is 5.26 Å². The molecular formula is C8H16N2O2S. The predicted molar refractivity (Wildman–Crippen MR) is 51.6 cm³/mol. The Kier molecular flexibility index (Phi) is 5.67. The number of nitriles is 1. The van der Waals surface area contributed by atoms with Crippen molar-refractivity contribution in [3.8, 4) is 6.07 Å². The van der Waals surface area contributed by atoms with E-state index in [1.54, 1.807) is 0 Å². The van der Waals surface area contributed by atoms with Gasteiger partial charge < -0.3 is 0 Å². The summed E-state index contributed by atoms with van der Waals surface area (Å²) in [6, 6.07) is 1.92. The van der Waals surface area contributed by atoms with Crippen molar-refractivity contribution in [1.82, 2.24) is 4.31 Å². The van der Waals surface area contributed by atoms with Gasteiger partial charge in [0.25, 0.3) is 0 Å². The Morgan fingerprint density at radius 2 is 2.08 bits per heavy atom. The highest BCUT2D eigenvalue weighted by Crippen LogP contribution is 2.02. The first-order valence-electron chi connectivity index (χ1n) is 4.35. The second-order valence-corrected chi connectivity index (χ2v) is 5.09. The van der Waals surface area contributed by atoms with Crippen LogP contribution in [0.2, 0.25) is 0 Å². The van der Waals surface area contributed by atoms with E-state index in [1.165, 1.54) is 11.4 Å². The number of unbranched alkanes of at least 4 members (excludes halogenated alkanes) is 1. The third-order valence-electron chi connectivity index (χ3n) is 1.77. The summed E-state index contributed by atoms with van der Waals surface area (Å²) in [6.07, 6.45) is 1.80. The highest BCUT2D eigenvalue weighted by atomic mass is 32.2. The first kappa shape index (κ1) is 12.4. The van der Waals surface area contributed by atoms with Gasteiger partial charge in [-0.25, -0.2) is 12.7 Å². The minimum Gasteiger partial charge on any atom is -0.212 e. The molecule has 0 N–H and O–H groups in total. The molecule has 0 radical (unpaired) electrons. The van der Waals surface area contributed by atoms with Gasteiger partial charge in [-0.05, 0) is 6.42 Å². The summed E-state index contributed by atoms with van der Waals surface area (Å²) in [4.78, 5) is 0. The third-order valence-corrected chi connectivity index (χ3v) is 3.71. The average Bonchev–Trinajstić information content (AvgIpc) is 2.10. The van der Waals surface area contributed by atoms with E-state index in [2.05, 4.69) is 0 Å². The molecule has 0 aromatic heterocycles. The molecule has 0 aliphatic heterocycles. The summed E-state index contributed by atoms with van der Waals surface area (Å²) < 4.78 is 24.1. The van der Waals surface area contributed by atoms with E-state index in [1.807, 2.05) is 13.0 Å². The molecule has 0 aromatic rings. The summed E-state index contributed by atoms with van der Waals surface area (Å²) >= 11 is 0. The number of sulfonamides is 1. The van der Waals surface area contributed by atoms with E-state index in [0.29, 0.717) is 13.0 Å². The monoisotopic (exact) mass is 204 g/mol. The van der Waals surface area contributed by atoms with E-state index in [0.717, 1.165) is 6.42 Å². The molecule has 0 unspecified atom stereocenters. The van der Waals surface area contributed by atoms with Crippen LogP contribution in [-0.4, -0.2) is 32.1 Å². The largest absolute Gasteiger partial charge is 0.213 e. The molecule has 0 saturated carbocycles. The van der Waals surface area contributed by atoms with Crippen molar-refractivity contribution >= 4 is 10.0 Å². The van der Waals surface area contributed by atoms with Crippen molar-refractivity contribution in [3.05, 3.63) is 0 Å². The fourth-order valence-corrected chi connectivity index (χ4v) is 2.16. The van der Waals surface area contributed by atoms with Crippen molar-refractivity contribution in [2.45, 2.75) is 26.2 Å². The second-order valence-electron chi connectivity index (χ2n) is 2.90. The van der Waals surface area contributed by atoms with Gasteiger partial charge in [0.15, 0.2) is 0 Å². The van der Waals surface area contributed by atoms with Crippen LogP contribution in [-0.2, 0) is 10.0 Å². The summed E-state index contributed by atoms with van der Waals surface area (Å²) in [5.74, 6) is 0.186. The lowest BCUT2D eigenvalue weighted by Gasteiger charge is -2.14. The Balaban J connectivity index is 4.05. The van der Waals surface area contributed by atoms with Gasteiger partial charge >= 0.3 is 0 Å². The molecule has 0 atom stereocenters. The van der Waals surface area contributed by atoms with Gasteiger partial charge in [0.1, 0.15) is 0 Å². The van der Waals surface area contributed by atoms with Gasteiger partial charge in [0, 0.05) is 20.0 Å². The van der Waals surface area contributed by atoms with Gasteiger partial charge in [0.05, 0.1) is 11.8 Å². The zero-order valence-corrected chi connectivity index (χ0v) is 8.97. The van der Waals surface area contributed by atoms with Crippen LogP contribution < -0.4 is 0 Å². The lowest BCUT2D eigenvalue weighted by atomic mass is 10.4. The molecule has 0 aliphatic carbocycles. The lowest BCUT2D eigenvalue weighted by molar-refractivity contribution is 0.474. The van der Waals surface area contributed by atoms with Gasteiger partial charge in [-0.2, -0.15) is 5.26 Å². The fraction of sp³-hybridized carbons (Fsp3) is 0.875. The standard InChI is InChI=1S/C8H16N2O2S/c1-3-4-8-13(11,12)10(2)7-5-6-9/h3-5,7-8H2,1-2H3. The van der Waals surface area contributed by atoms with Crippen LogP contribution in [0, 0.1) is 11.3 Å². The third kappa shape index (κ3) is 4.86. The molecular weight excluding hydrogens is 188 g/mol. The van der Waals surface area contributed by atoms with E-state index < -0.39 is 10.0 Å². The Hall–Kier alpha value is -0.600. The Morgan fingerprint density at radius 3 is 2.54 bits per heavy atom. The van der Waals surface area contributed by atoms with E-state index in [9.17, 15) is 8.42 Å². The molecule has 0 spiro atoms. The normalized spacial score (nSPS) is 11.5. The maximum absolute atomic E-state index is 11.4. The van der Waals surface area contributed by atoms with Crippen LogP contribution in [0.15, 0.2) is 0 Å². The average molecular weight is 204 g/mol. The van der Waals surface area contributed by atoms with Crippen LogP contribution in [0.3, 0.4) is 0 Å². The maximum Gasteiger partial charge on any atom is 0.213 e. The van der Waals surface area contributed by atoms with E-state index in [4.69, 9.17) is 5.26 Å². The summed E-state index contributed by atoms with van der Waals surface area (Å²) in [7, 11) is -1.60. The molecule has 0 fully saturated rings. The molecule has 0 rings (SSSR count). The number of nitrogens with zero attached hydrogens (tertiary/aromatic N) is 2. The van der Waals surface area contributed by atoms with Crippen LogP contribution in [0.1, 0.15) is 26.2 Å². The lowest BCUT2D eigenvalue weighted by Crippen LogP contribution is -2.29. The smallest absolute Gasteiger partial charge is 0.212 e. The first-order chi connectivity index (χ1) is 6.04. The van der Waals surface area contributed by atoms with Crippen LogP contribution in [0.5, 0.6) is 0 Å². The van der Waals surface area contributed by atoms with Gasteiger partial charge in [-0.3, -0.25) is 0 Å². The highest BCUT2D eigenvalue weighted by molar-refractivity contribution is 7.89. The summed E-state index contributed by atoms with van der Waals surface area (Å²) in [6.45, 7) is 2.24. The van der Waals surface area contributed by atoms with E-state index in [-0.39, 0.29) is 12.2 Å². The number of hydrogen-bond donors (Lipinski definition) is 0. The minimum atomic E-state index is -3.11. The Morgan fingerprint density at radius 1 is 1.46 bits per heavy atom. The molecule has 0 heterocycles. The van der Waals surface area contributed by atoms with Crippen LogP contribution in [0.4, 0.5) is 0 Å². The number of hydrogen-bond acceptors (Lipinski definition) is 3. The SMILES string of the molecule is CCCCS(=O)(=O)N(C)CCC#N. The predicted octanol–water partition coefficient (Wildman–Crippen LogP) is 0.962. The van der Waals surface area contributed by atoms with Gasteiger partial charge in [-0.1, -0.05) is 13.3 Å². The maximum atomic E-state index is 11.4. The van der Waals surface area contributed by atoms with Crippen LogP contribution in [0.25, 0.3) is 0 Å². The molecule has 0 saturated heterocycles. The zero-order chi connectivity index (χ0) is 10.3. The second kappa shape index (κ2) is 5.95. The summed E-state index contributed by atoms with van der Waals surface area (Å²) in [5.41, 5.74) is 0. The molecule has 0 aromatic carbocycles.